The molecule has 250 valence electrons. The van der Waals surface area contributed by atoms with Gasteiger partial charge in [-0.25, -0.2) is 23.4 Å². The smallest absolute Gasteiger partial charge is 0.280 e. The average Bonchev–Trinajstić information content (AvgIpc) is 3.10. The maximum atomic E-state index is 13.6. The summed E-state index contributed by atoms with van der Waals surface area (Å²) >= 11 is 6.04. The van der Waals surface area contributed by atoms with Crippen molar-refractivity contribution in [3.63, 3.8) is 0 Å². The van der Waals surface area contributed by atoms with Crippen molar-refractivity contribution in [2.75, 3.05) is 43.9 Å². The SMILES string of the molecule is CN1CCC(N(C)c2ccc(Nc3ncc4cc(C#CCNC(=O)c5cc(Cl)nn(Cc6ccc(F)c(F)c6)c5=O)ccc4n3)cc2)CC1. The molecule has 0 bridgehead atoms. The van der Waals surface area contributed by atoms with Crippen molar-refractivity contribution in [2.45, 2.75) is 25.4 Å². The monoisotopic (exact) mass is 682 g/mol. The molecular formula is C36H33ClF2N8O2. The van der Waals surface area contributed by atoms with Crippen LogP contribution in [-0.2, 0) is 6.54 Å². The Bertz CT molecular complexity index is 2120. The number of rotatable bonds is 8. The van der Waals surface area contributed by atoms with Crippen LogP contribution in [0.5, 0.6) is 0 Å². The van der Waals surface area contributed by atoms with Crippen molar-refractivity contribution in [1.82, 2.24) is 30.0 Å². The standard InChI is InChI=1S/C36H33ClF2N8O2/c1-45-16-13-28(14-17-45)46(2)27-9-7-26(8-10-27)42-36-41-21-25-18-23(6-12-32(25)43-36)4-3-15-40-34(48)29-20-33(37)44-47(35(29)49)22-24-5-11-30(38)31(39)19-24/h5-12,18-21,28H,13-17,22H2,1-2H3,(H,40,48)(H,41,42,43). The maximum Gasteiger partial charge on any atom is 0.280 e. The van der Waals surface area contributed by atoms with Gasteiger partial charge in [0.25, 0.3) is 11.5 Å². The van der Waals surface area contributed by atoms with E-state index < -0.39 is 23.1 Å². The lowest BCUT2D eigenvalue weighted by Gasteiger charge is -2.36. The Hall–Kier alpha value is -5.38. The van der Waals surface area contributed by atoms with Crippen LogP contribution in [0.1, 0.15) is 34.3 Å². The highest BCUT2D eigenvalue weighted by atomic mass is 35.5. The summed E-state index contributed by atoms with van der Waals surface area (Å²) in [5, 5.41) is 10.4. The van der Waals surface area contributed by atoms with E-state index in [1.807, 2.05) is 30.3 Å². The van der Waals surface area contributed by atoms with Gasteiger partial charge in [-0.1, -0.05) is 29.5 Å². The van der Waals surface area contributed by atoms with Gasteiger partial charge in [-0.2, -0.15) is 5.10 Å². The van der Waals surface area contributed by atoms with Crippen LogP contribution < -0.4 is 21.1 Å². The number of halogens is 3. The minimum atomic E-state index is -1.06. The highest BCUT2D eigenvalue weighted by Crippen LogP contribution is 2.25. The molecule has 0 radical (unpaired) electrons. The molecule has 6 rings (SSSR count). The molecule has 2 aromatic heterocycles. The van der Waals surface area contributed by atoms with Crippen LogP contribution in [0, 0.1) is 23.5 Å². The molecule has 5 aromatic rings. The van der Waals surface area contributed by atoms with E-state index in [9.17, 15) is 18.4 Å². The Morgan fingerprint density at radius 2 is 1.82 bits per heavy atom. The third-order valence-corrected chi connectivity index (χ3v) is 8.61. The van der Waals surface area contributed by atoms with Gasteiger partial charge >= 0.3 is 0 Å². The first-order chi connectivity index (χ1) is 23.6. The van der Waals surface area contributed by atoms with Crippen molar-refractivity contribution >= 4 is 45.7 Å². The van der Waals surface area contributed by atoms with Gasteiger partial charge in [0.15, 0.2) is 16.8 Å². The first-order valence-electron chi connectivity index (χ1n) is 15.7. The first kappa shape index (κ1) is 33.5. The van der Waals surface area contributed by atoms with Crippen molar-refractivity contribution < 1.29 is 13.6 Å². The van der Waals surface area contributed by atoms with Crippen LogP contribution in [0.15, 0.2) is 77.7 Å². The molecule has 0 unspecified atom stereocenters. The average molecular weight is 683 g/mol. The fourth-order valence-corrected chi connectivity index (χ4v) is 5.83. The minimum absolute atomic E-state index is 0.0502. The van der Waals surface area contributed by atoms with Gasteiger partial charge in [0.1, 0.15) is 5.56 Å². The number of nitrogens with one attached hydrogen (secondary N) is 2. The van der Waals surface area contributed by atoms with E-state index >= 15 is 0 Å². The molecule has 13 heteroatoms. The molecule has 49 heavy (non-hydrogen) atoms. The van der Waals surface area contributed by atoms with Gasteiger partial charge in [0, 0.05) is 41.6 Å². The Morgan fingerprint density at radius 3 is 2.57 bits per heavy atom. The Morgan fingerprint density at radius 1 is 1.04 bits per heavy atom. The number of piperidine rings is 1. The Balaban J connectivity index is 1.05. The molecule has 1 fully saturated rings. The molecule has 3 heterocycles. The van der Waals surface area contributed by atoms with Gasteiger partial charge in [-0.15, -0.1) is 0 Å². The van der Waals surface area contributed by atoms with Gasteiger partial charge in [0.05, 0.1) is 18.6 Å². The molecule has 0 aliphatic carbocycles. The number of fused-ring (bicyclic) bond motifs is 1. The molecule has 0 spiro atoms. The molecule has 0 atom stereocenters. The molecule has 1 aliphatic heterocycles. The van der Waals surface area contributed by atoms with Crippen molar-refractivity contribution in [2.24, 2.45) is 0 Å². The molecule has 3 aromatic carbocycles. The zero-order valence-corrected chi connectivity index (χ0v) is 27.6. The molecule has 1 saturated heterocycles. The molecule has 0 saturated carbocycles. The lowest BCUT2D eigenvalue weighted by molar-refractivity contribution is 0.0956. The van der Waals surface area contributed by atoms with E-state index in [-0.39, 0.29) is 29.4 Å². The van der Waals surface area contributed by atoms with Crippen LogP contribution in [-0.4, -0.2) is 70.3 Å². The first-order valence-corrected chi connectivity index (χ1v) is 16.0. The number of hydrogen-bond acceptors (Lipinski definition) is 8. The van der Waals surface area contributed by atoms with Crippen LogP contribution in [0.4, 0.5) is 26.1 Å². The summed E-state index contributed by atoms with van der Waals surface area (Å²) in [4.78, 5) is 39.5. The van der Waals surface area contributed by atoms with E-state index in [1.54, 1.807) is 6.20 Å². The number of carbonyl (C=O) groups is 1. The van der Waals surface area contributed by atoms with Crippen LogP contribution in [0.3, 0.4) is 0 Å². The van der Waals surface area contributed by atoms with Crippen molar-refractivity contribution in [3.05, 3.63) is 117 Å². The lowest BCUT2D eigenvalue weighted by atomic mass is 10.0. The van der Waals surface area contributed by atoms with Gasteiger partial charge in [-0.3, -0.25) is 9.59 Å². The lowest BCUT2D eigenvalue weighted by Crippen LogP contribution is -2.41. The zero-order chi connectivity index (χ0) is 34.5. The molecule has 10 nitrogen and oxygen atoms in total. The number of anilines is 3. The number of amides is 1. The Labute approximate surface area is 286 Å². The molecular weight excluding hydrogens is 650 g/mol. The second-order valence-corrected chi connectivity index (χ2v) is 12.2. The number of likely N-dealkylation sites (tertiary alicyclic amines) is 1. The van der Waals surface area contributed by atoms with E-state index in [1.165, 1.54) is 11.8 Å². The van der Waals surface area contributed by atoms with E-state index in [4.69, 9.17) is 11.6 Å². The Kier molecular flexibility index (Phi) is 10.1. The topological polar surface area (TPSA) is 108 Å². The summed E-state index contributed by atoms with van der Waals surface area (Å²) in [6.07, 6.45) is 4.03. The highest BCUT2D eigenvalue weighted by Gasteiger charge is 2.21. The fourth-order valence-electron chi connectivity index (χ4n) is 5.63. The summed E-state index contributed by atoms with van der Waals surface area (Å²) in [6, 6.07) is 18.7. The van der Waals surface area contributed by atoms with Crippen LogP contribution in [0.2, 0.25) is 5.15 Å². The predicted molar refractivity (Wildman–Crippen MR) is 186 cm³/mol. The van der Waals surface area contributed by atoms with Crippen molar-refractivity contribution in [1.29, 1.82) is 0 Å². The second kappa shape index (κ2) is 14.8. The minimum Gasteiger partial charge on any atom is -0.372 e. The largest absolute Gasteiger partial charge is 0.372 e. The van der Waals surface area contributed by atoms with Crippen molar-refractivity contribution in [3.8, 4) is 11.8 Å². The summed E-state index contributed by atoms with van der Waals surface area (Å²) < 4.78 is 27.8. The quantitative estimate of drug-likeness (QED) is 0.215. The summed E-state index contributed by atoms with van der Waals surface area (Å²) in [5.41, 5.74) is 2.78. The van der Waals surface area contributed by atoms with Gasteiger partial charge in [0.2, 0.25) is 5.95 Å². The zero-order valence-electron chi connectivity index (χ0n) is 26.9. The van der Waals surface area contributed by atoms with E-state index in [0.717, 1.165) is 65.4 Å². The maximum absolute atomic E-state index is 13.6. The van der Waals surface area contributed by atoms with E-state index in [2.05, 4.69) is 73.6 Å². The molecule has 2 N–H and O–H groups in total. The fraction of sp³-hybridized carbons (Fsp3) is 0.250. The molecule has 1 amide bonds. The van der Waals surface area contributed by atoms with Crippen LogP contribution in [0.25, 0.3) is 10.9 Å². The summed E-state index contributed by atoms with van der Waals surface area (Å²) in [6.45, 7) is 1.97. The summed E-state index contributed by atoms with van der Waals surface area (Å²) in [7, 11) is 4.32. The molecule has 1 aliphatic rings. The van der Waals surface area contributed by atoms with Crippen LogP contribution >= 0.6 is 11.6 Å². The predicted octanol–water partition coefficient (Wildman–Crippen LogP) is 5.22. The summed E-state index contributed by atoms with van der Waals surface area (Å²) in [5.74, 6) is 3.56. The normalized spacial score (nSPS) is 13.5. The van der Waals surface area contributed by atoms with Gasteiger partial charge in [-0.05, 0) is 99.2 Å². The third-order valence-electron chi connectivity index (χ3n) is 8.42. The number of carbonyl (C=O) groups excluding carboxylic acids is 1. The number of benzene rings is 3. The highest BCUT2D eigenvalue weighted by molar-refractivity contribution is 6.29. The second-order valence-electron chi connectivity index (χ2n) is 11.9. The number of nitrogens with zero attached hydrogens (tertiary/aromatic N) is 6. The third kappa shape index (κ3) is 8.20. The number of hydrogen-bond donors (Lipinski definition) is 2. The number of aromatic nitrogens is 4. The van der Waals surface area contributed by atoms with E-state index in [0.29, 0.717) is 17.6 Å². The van der Waals surface area contributed by atoms with Gasteiger partial charge < -0.3 is 20.4 Å².